The minimum atomic E-state index is -0.203. The lowest BCUT2D eigenvalue weighted by Crippen LogP contribution is -2.56. The molecule has 1 aliphatic rings. The lowest BCUT2D eigenvalue weighted by Gasteiger charge is -2.39. The molecule has 3 N–H and O–H groups in total. The molecule has 204 valence electrons. The average molecular weight is 538 g/mol. The number of carbonyl (C=O) groups excluding carboxylic acids is 2. The maximum atomic E-state index is 12.3. The fourth-order valence-electron chi connectivity index (χ4n) is 4.25. The van der Waals surface area contributed by atoms with Gasteiger partial charge in [-0.3, -0.25) is 14.6 Å². The molecular formula is C29H31N9O2. The zero-order chi connectivity index (χ0) is 28.1. The molecule has 3 aromatic heterocycles. The Labute approximate surface area is 232 Å². The standard InChI is InChI=1S/C29H31N9O2/c1-19(39)38-17-23(18-38)33-26-10-9-22(16-31-26)35-29-32-15-20-6-4-7-24(28(20)36-29)25-14-21(11-12-30-25)34-27(40)8-5-13-37(2)3/h4-12,14-16,23H,13,17-18H2,1-3H3,(H,31,33)(H,30,34,40)(H,32,35,36). The molecule has 40 heavy (non-hydrogen) atoms. The van der Waals surface area contributed by atoms with Gasteiger partial charge in [-0.25, -0.2) is 15.0 Å². The minimum absolute atomic E-state index is 0.0861. The van der Waals surface area contributed by atoms with Gasteiger partial charge in [-0.2, -0.15) is 0 Å². The molecule has 0 atom stereocenters. The summed E-state index contributed by atoms with van der Waals surface area (Å²) in [6.07, 6.45) is 8.47. The van der Waals surface area contributed by atoms with Crippen molar-refractivity contribution < 1.29 is 9.59 Å². The summed E-state index contributed by atoms with van der Waals surface area (Å²) >= 11 is 0. The first-order valence-electron chi connectivity index (χ1n) is 12.9. The Morgan fingerprint density at radius 3 is 2.65 bits per heavy atom. The van der Waals surface area contributed by atoms with Crippen LogP contribution in [-0.2, 0) is 9.59 Å². The van der Waals surface area contributed by atoms with Crippen molar-refractivity contribution in [3.63, 3.8) is 0 Å². The molecule has 1 saturated heterocycles. The molecule has 4 heterocycles. The number of nitrogens with one attached hydrogen (secondary N) is 3. The molecule has 0 bridgehead atoms. The first-order chi connectivity index (χ1) is 19.3. The van der Waals surface area contributed by atoms with Gasteiger partial charge in [-0.15, -0.1) is 0 Å². The molecule has 0 spiro atoms. The number of nitrogens with zero attached hydrogens (tertiary/aromatic N) is 6. The number of amides is 2. The number of likely N-dealkylation sites (N-methyl/N-ethyl adjacent to an activating group) is 1. The second kappa shape index (κ2) is 11.9. The molecule has 1 fully saturated rings. The van der Waals surface area contributed by atoms with Crippen LogP contribution >= 0.6 is 0 Å². The first kappa shape index (κ1) is 26.7. The van der Waals surface area contributed by atoms with Crippen molar-refractivity contribution in [2.45, 2.75) is 13.0 Å². The van der Waals surface area contributed by atoms with Crippen molar-refractivity contribution in [2.75, 3.05) is 49.7 Å². The molecule has 1 aliphatic heterocycles. The average Bonchev–Trinajstić information content (AvgIpc) is 2.90. The second-order valence-corrected chi connectivity index (χ2v) is 9.84. The summed E-state index contributed by atoms with van der Waals surface area (Å²) in [5.74, 6) is 1.05. The molecule has 0 saturated carbocycles. The Bertz CT molecular complexity index is 1550. The number of likely N-dealkylation sites (tertiary alicyclic amines) is 1. The number of fused-ring (bicyclic) bond motifs is 1. The van der Waals surface area contributed by atoms with E-state index in [0.29, 0.717) is 37.0 Å². The van der Waals surface area contributed by atoms with Crippen LogP contribution in [0.2, 0.25) is 0 Å². The number of aromatic nitrogens is 4. The number of benzene rings is 1. The van der Waals surface area contributed by atoms with E-state index in [1.165, 1.54) is 6.08 Å². The Kier molecular flexibility index (Phi) is 7.92. The van der Waals surface area contributed by atoms with Gasteiger partial charge >= 0.3 is 0 Å². The number of carbonyl (C=O) groups is 2. The van der Waals surface area contributed by atoms with Crippen LogP contribution < -0.4 is 16.0 Å². The topological polar surface area (TPSA) is 128 Å². The maximum Gasteiger partial charge on any atom is 0.248 e. The van der Waals surface area contributed by atoms with Crippen molar-refractivity contribution in [3.8, 4) is 11.3 Å². The molecule has 1 aromatic carbocycles. The number of pyridine rings is 2. The normalized spacial score (nSPS) is 13.4. The number of para-hydroxylation sites is 1. The van der Waals surface area contributed by atoms with E-state index in [4.69, 9.17) is 4.98 Å². The molecular weight excluding hydrogens is 506 g/mol. The third-order valence-electron chi connectivity index (χ3n) is 6.35. The van der Waals surface area contributed by atoms with Crippen molar-refractivity contribution in [3.05, 3.63) is 73.2 Å². The van der Waals surface area contributed by atoms with Gasteiger partial charge in [0, 0.05) is 61.7 Å². The molecule has 11 heteroatoms. The summed E-state index contributed by atoms with van der Waals surface area (Å²) in [6.45, 7) is 3.62. The van der Waals surface area contributed by atoms with E-state index in [1.54, 1.807) is 36.5 Å². The highest BCUT2D eigenvalue weighted by atomic mass is 16.2. The van der Waals surface area contributed by atoms with Gasteiger partial charge in [0.05, 0.1) is 29.1 Å². The molecule has 0 radical (unpaired) electrons. The zero-order valence-corrected chi connectivity index (χ0v) is 22.6. The van der Waals surface area contributed by atoms with Gasteiger partial charge in [-0.1, -0.05) is 24.3 Å². The van der Waals surface area contributed by atoms with Gasteiger partial charge in [0.25, 0.3) is 0 Å². The van der Waals surface area contributed by atoms with Crippen molar-refractivity contribution in [1.82, 2.24) is 29.7 Å². The highest BCUT2D eigenvalue weighted by Crippen LogP contribution is 2.28. The number of anilines is 4. The summed E-state index contributed by atoms with van der Waals surface area (Å²) in [6, 6.07) is 13.4. The Hall–Kier alpha value is -4.90. The zero-order valence-electron chi connectivity index (χ0n) is 22.6. The summed E-state index contributed by atoms with van der Waals surface area (Å²) in [5.41, 5.74) is 3.62. The van der Waals surface area contributed by atoms with Crippen LogP contribution in [0.5, 0.6) is 0 Å². The van der Waals surface area contributed by atoms with Crippen molar-refractivity contribution >= 4 is 45.9 Å². The number of hydrogen-bond donors (Lipinski definition) is 3. The maximum absolute atomic E-state index is 12.3. The van der Waals surface area contributed by atoms with Crippen LogP contribution in [0.3, 0.4) is 0 Å². The number of hydrogen-bond acceptors (Lipinski definition) is 9. The predicted molar refractivity (Wildman–Crippen MR) is 156 cm³/mol. The van der Waals surface area contributed by atoms with E-state index in [-0.39, 0.29) is 17.9 Å². The van der Waals surface area contributed by atoms with E-state index in [9.17, 15) is 9.59 Å². The lowest BCUT2D eigenvalue weighted by molar-refractivity contribution is -0.132. The van der Waals surface area contributed by atoms with E-state index in [1.807, 2.05) is 61.5 Å². The lowest BCUT2D eigenvalue weighted by atomic mass is 10.1. The van der Waals surface area contributed by atoms with Crippen LogP contribution in [-0.4, -0.2) is 81.3 Å². The van der Waals surface area contributed by atoms with Crippen molar-refractivity contribution in [1.29, 1.82) is 0 Å². The molecule has 5 rings (SSSR count). The quantitative estimate of drug-likeness (QED) is 0.275. The van der Waals surface area contributed by atoms with Gasteiger partial charge in [-0.05, 0) is 38.4 Å². The molecule has 0 unspecified atom stereocenters. The highest BCUT2D eigenvalue weighted by molar-refractivity contribution is 6.00. The Balaban J connectivity index is 1.29. The van der Waals surface area contributed by atoms with E-state index >= 15 is 0 Å². The van der Waals surface area contributed by atoms with Crippen LogP contribution in [0.25, 0.3) is 22.2 Å². The molecule has 0 aliphatic carbocycles. The van der Waals surface area contributed by atoms with Crippen LogP contribution in [0.4, 0.5) is 23.1 Å². The molecule has 2 amide bonds. The fourth-order valence-corrected chi connectivity index (χ4v) is 4.25. The summed E-state index contributed by atoms with van der Waals surface area (Å²) < 4.78 is 0. The van der Waals surface area contributed by atoms with Crippen LogP contribution in [0, 0.1) is 0 Å². The van der Waals surface area contributed by atoms with Gasteiger partial charge < -0.3 is 25.8 Å². The monoisotopic (exact) mass is 537 g/mol. The third kappa shape index (κ3) is 6.56. The Morgan fingerprint density at radius 1 is 1.05 bits per heavy atom. The predicted octanol–water partition coefficient (Wildman–Crippen LogP) is 3.53. The molecule has 4 aromatic rings. The number of rotatable bonds is 9. The molecule has 11 nitrogen and oxygen atoms in total. The summed E-state index contributed by atoms with van der Waals surface area (Å²) in [5, 5.41) is 10.3. The van der Waals surface area contributed by atoms with Crippen LogP contribution in [0.1, 0.15) is 6.92 Å². The fraction of sp³-hybridized carbons (Fsp3) is 0.241. The Morgan fingerprint density at radius 2 is 1.90 bits per heavy atom. The van der Waals surface area contributed by atoms with Gasteiger partial charge in [0.2, 0.25) is 17.8 Å². The SMILES string of the molecule is CC(=O)N1CC(Nc2ccc(Nc3ncc4cccc(-c5cc(NC(=O)C=CCN(C)C)ccn5)c4n3)cn2)C1. The van der Waals surface area contributed by atoms with Gasteiger partial charge in [0.1, 0.15) is 5.82 Å². The van der Waals surface area contributed by atoms with E-state index < -0.39 is 0 Å². The second-order valence-electron chi connectivity index (χ2n) is 9.84. The minimum Gasteiger partial charge on any atom is -0.364 e. The van der Waals surface area contributed by atoms with Gasteiger partial charge in [0.15, 0.2) is 0 Å². The van der Waals surface area contributed by atoms with E-state index in [0.717, 1.165) is 28.0 Å². The van der Waals surface area contributed by atoms with Crippen molar-refractivity contribution in [2.24, 2.45) is 0 Å². The largest absolute Gasteiger partial charge is 0.364 e. The summed E-state index contributed by atoms with van der Waals surface area (Å²) in [7, 11) is 3.89. The van der Waals surface area contributed by atoms with E-state index in [2.05, 4.69) is 30.9 Å². The summed E-state index contributed by atoms with van der Waals surface area (Å²) in [4.78, 5) is 45.7. The first-order valence-corrected chi connectivity index (χ1v) is 12.9. The highest BCUT2D eigenvalue weighted by Gasteiger charge is 2.28. The third-order valence-corrected chi connectivity index (χ3v) is 6.35. The van der Waals surface area contributed by atoms with Crippen LogP contribution in [0.15, 0.2) is 73.2 Å². The smallest absolute Gasteiger partial charge is 0.248 e.